The molecule has 3 unspecified atom stereocenters. The third kappa shape index (κ3) is 51.3. The molecule has 0 fully saturated rings. The first kappa shape index (κ1) is 68.4. The van der Waals surface area contributed by atoms with Gasteiger partial charge in [-0.25, -0.2) is 4.57 Å². The van der Waals surface area contributed by atoms with E-state index in [1.165, 1.54) is 38.5 Å². The summed E-state index contributed by atoms with van der Waals surface area (Å²) in [5, 5.41) is 9.79. The molecule has 11 nitrogen and oxygen atoms in total. The van der Waals surface area contributed by atoms with Gasteiger partial charge in [0.25, 0.3) is 0 Å². The lowest BCUT2D eigenvalue weighted by Crippen LogP contribution is -2.30. The Bertz CT molecular complexity index is 1580. The molecule has 0 radical (unpaired) electrons. The number of allylic oxidation sites excluding steroid dienone is 16. The first-order valence-corrected chi connectivity index (χ1v) is 29.6. The number of carbonyl (C=O) groups excluding carboxylic acids is 3. The van der Waals surface area contributed by atoms with Crippen LogP contribution in [-0.4, -0.2) is 66.5 Å². The van der Waals surface area contributed by atoms with Crippen molar-refractivity contribution >= 4 is 25.7 Å². The molecule has 2 N–H and O–H groups in total. The summed E-state index contributed by atoms with van der Waals surface area (Å²) in [7, 11) is -4.77. The largest absolute Gasteiger partial charge is 0.472 e. The van der Waals surface area contributed by atoms with Gasteiger partial charge in [-0.3, -0.25) is 23.4 Å². The van der Waals surface area contributed by atoms with Crippen LogP contribution in [-0.2, 0) is 42.2 Å². The summed E-state index contributed by atoms with van der Waals surface area (Å²) in [6, 6.07) is 0. The molecule has 0 heterocycles. The van der Waals surface area contributed by atoms with Gasteiger partial charge >= 0.3 is 25.7 Å². The van der Waals surface area contributed by atoms with Crippen LogP contribution in [0.4, 0.5) is 0 Å². The molecule has 0 aliphatic heterocycles. The second kappa shape index (κ2) is 53.7. The van der Waals surface area contributed by atoms with Crippen LogP contribution in [0.2, 0.25) is 0 Å². The van der Waals surface area contributed by atoms with Crippen LogP contribution in [0.1, 0.15) is 226 Å². The zero-order valence-electron chi connectivity index (χ0n) is 45.4. The normalized spacial score (nSPS) is 14.1. The number of aliphatic hydroxyl groups excluding tert-OH is 1. The average molecular weight is 1030 g/mol. The minimum Gasteiger partial charge on any atom is -0.462 e. The Morgan fingerprint density at radius 3 is 1.19 bits per heavy atom. The fourth-order valence-electron chi connectivity index (χ4n) is 7.18. The molecule has 0 aromatic heterocycles. The van der Waals surface area contributed by atoms with Crippen LogP contribution >= 0.6 is 7.82 Å². The zero-order chi connectivity index (χ0) is 52.7. The highest BCUT2D eigenvalue weighted by atomic mass is 31.2. The molecule has 0 saturated heterocycles. The molecule has 3 atom stereocenters. The minimum atomic E-state index is -4.77. The van der Waals surface area contributed by atoms with Crippen molar-refractivity contribution in [3.8, 4) is 0 Å². The van der Waals surface area contributed by atoms with E-state index in [0.717, 1.165) is 128 Å². The lowest BCUT2D eigenvalue weighted by molar-refractivity contribution is -0.161. The van der Waals surface area contributed by atoms with E-state index in [9.17, 15) is 28.9 Å². The Labute approximate surface area is 438 Å². The third-order valence-corrected chi connectivity index (χ3v) is 12.4. The number of ether oxygens (including phenoxy) is 3. The van der Waals surface area contributed by atoms with Crippen LogP contribution in [0.5, 0.6) is 0 Å². The molecule has 12 heteroatoms. The quantitative estimate of drug-likeness (QED) is 0.0197. The molecule has 0 aromatic carbocycles. The maximum absolute atomic E-state index is 12.9. The summed E-state index contributed by atoms with van der Waals surface area (Å²) in [6.07, 6.45) is 62.3. The number of phosphoric acid groups is 1. The van der Waals surface area contributed by atoms with Gasteiger partial charge in [-0.15, -0.1) is 0 Å². The van der Waals surface area contributed by atoms with Crippen LogP contribution in [0.25, 0.3) is 0 Å². The van der Waals surface area contributed by atoms with Crippen molar-refractivity contribution in [3.05, 3.63) is 97.2 Å². The van der Waals surface area contributed by atoms with E-state index in [-0.39, 0.29) is 25.9 Å². The highest BCUT2D eigenvalue weighted by Gasteiger charge is 2.28. The van der Waals surface area contributed by atoms with Crippen LogP contribution in [0.3, 0.4) is 0 Å². The maximum atomic E-state index is 12.9. The van der Waals surface area contributed by atoms with Crippen molar-refractivity contribution in [1.29, 1.82) is 0 Å². The lowest BCUT2D eigenvalue weighted by atomic mass is 10.1. The summed E-state index contributed by atoms with van der Waals surface area (Å²) >= 11 is 0. The molecular weight excluding hydrogens is 928 g/mol. The number of esters is 3. The number of hydrogen-bond acceptors (Lipinski definition) is 10. The molecule has 412 valence electrons. The summed E-state index contributed by atoms with van der Waals surface area (Å²) < 4.78 is 39.4. The number of hydrogen-bond donors (Lipinski definition) is 2. The molecule has 0 spiro atoms. The molecule has 0 amide bonds. The minimum absolute atomic E-state index is 0.109. The molecule has 0 aliphatic rings. The van der Waals surface area contributed by atoms with Crippen molar-refractivity contribution in [1.82, 2.24) is 0 Å². The lowest BCUT2D eigenvalue weighted by Gasteiger charge is -2.21. The van der Waals surface area contributed by atoms with Gasteiger partial charge in [0.15, 0.2) is 6.10 Å². The van der Waals surface area contributed by atoms with E-state index in [0.29, 0.717) is 19.3 Å². The van der Waals surface area contributed by atoms with Crippen molar-refractivity contribution in [2.45, 2.75) is 238 Å². The SMILES string of the molecule is CC/C=C\C/C=C\C/C=C\C/C=C\CCCCC(=O)OC(COC(=O)CCCCCCCCC/C=C\C/C=C\CCCCC)COP(=O)(O)OCC(CO)OC(=O)CCCCCCC/C=C\C/C=C\CCC. The second-order valence-corrected chi connectivity index (χ2v) is 19.8. The summed E-state index contributed by atoms with van der Waals surface area (Å²) in [4.78, 5) is 48.5. The molecule has 0 rings (SSSR count). The molecule has 0 aliphatic carbocycles. The molecule has 0 saturated carbocycles. The monoisotopic (exact) mass is 1030 g/mol. The van der Waals surface area contributed by atoms with E-state index in [1.807, 2.05) is 0 Å². The molecule has 0 aromatic rings. The molecule has 0 bridgehead atoms. The van der Waals surface area contributed by atoms with Gasteiger partial charge in [-0.1, -0.05) is 189 Å². The van der Waals surface area contributed by atoms with Gasteiger partial charge in [0.05, 0.1) is 19.8 Å². The average Bonchev–Trinajstić information content (AvgIpc) is 3.37. The van der Waals surface area contributed by atoms with E-state index in [4.69, 9.17) is 23.3 Å². The third-order valence-electron chi connectivity index (χ3n) is 11.4. The van der Waals surface area contributed by atoms with Crippen molar-refractivity contribution in [3.63, 3.8) is 0 Å². The number of rotatable bonds is 51. The first-order chi connectivity index (χ1) is 35.2. The smallest absolute Gasteiger partial charge is 0.462 e. The van der Waals surface area contributed by atoms with Crippen LogP contribution in [0, 0.1) is 0 Å². The molecular formula is C60H101O11P. The number of carbonyl (C=O) groups is 3. The maximum Gasteiger partial charge on any atom is 0.472 e. The topological polar surface area (TPSA) is 155 Å². The molecule has 72 heavy (non-hydrogen) atoms. The zero-order valence-corrected chi connectivity index (χ0v) is 46.3. The number of phosphoric ester groups is 1. The van der Waals surface area contributed by atoms with Crippen molar-refractivity contribution in [2.75, 3.05) is 26.4 Å². The van der Waals surface area contributed by atoms with Crippen molar-refractivity contribution in [2.24, 2.45) is 0 Å². The van der Waals surface area contributed by atoms with E-state index in [2.05, 4.69) is 118 Å². The Hall–Kier alpha value is -3.60. The van der Waals surface area contributed by atoms with Gasteiger partial charge in [-0.2, -0.15) is 0 Å². The fourth-order valence-corrected chi connectivity index (χ4v) is 7.96. The number of unbranched alkanes of at least 4 members (excludes halogenated alkanes) is 18. The van der Waals surface area contributed by atoms with Crippen molar-refractivity contribution < 1.29 is 52.2 Å². The van der Waals surface area contributed by atoms with E-state index >= 15 is 0 Å². The highest BCUT2D eigenvalue weighted by molar-refractivity contribution is 7.47. The van der Waals surface area contributed by atoms with Crippen LogP contribution < -0.4 is 0 Å². The predicted molar refractivity (Wildman–Crippen MR) is 297 cm³/mol. The van der Waals surface area contributed by atoms with Gasteiger partial charge in [0.1, 0.15) is 12.7 Å². The highest BCUT2D eigenvalue weighted by Crippen LogP contribution is 2.43. The Morgan fingerprint density at radius 2 is 0.750 bits per heavy atom. The summed E-state index contributed by atoms with van der Waals surface area (Å²) in [6.45, 7) is 4.36. The van der Waals surface area contributed by atoms with Gasteiger partial charge in [-0.05, 0) is 116 Å². The Morgan fingerprint density at radius 1 is 0.403 bits per heavy atom. The van der Waals surface area contributed by atoms with Gasteiger partial charge in [0, 0.05) is 19.3 Å². The fraction of sp³-hybridized carbons (Fsp3) is 0.683. The van der Waals surface area contributed by atoms with Crippen LogP contribution in [0.15, 0.2) is 97.2 Å². The summed E-state index contributed by atoms with van der Waals surface area (Å²) in [5.41, 5.74) is 0. The van der Waals surface area contributed by atoms with E-state index in [1.54, 1.807) is 0 Å². The summed E-state index contributed by atoms with van der Waals surface area (Å²) in [5.74, 6) is -1.55. The first-order valence-electron chi connectivity index (χ1n) is 28.1. The van der Waals surface area contributed by atoms with Gasteiger partial charge in [0.2, 0.25) is 0 Å². The van der Waals surface area contributed by atoms with E-state index < -0.39 is 57.8 Å². The van der Waals surface area contributed by atoms with Gasteiger partial charge < -0.3 is 24.2 Å². The Balaban J connectivity index is 4.82. The Kier molecular flexibility index (Phi) is 51.0. The standard InChI is InChI=1S/C60H101O11P/c1-4-7-10-13-16-19-22-25-27-28-30-32-34-37-40-43-46-49-58(62)67-53-57(71-60(64)51-48-45-42-39-36-33-29-26-23-20-17-14-11-8-5-2)55-69-72(65,66)68-54-56(52-61)70-59(63)50-47-44-41-38-35-31-24-21-18-15-12-9-6-3/h8,11-12,15-17,19-21,24-27,29,36,39,56-57,61H,4-7,9-10,13-14,18,22-23,28,30-35,37-38,40-55H2,1-3H3,(H,65,66)/b11-8-,15-12-,19-16-,20-17-,24-21-,27-25-,29-26-,39-36-. The number of aliphatic hydroxyl groups is 1. The second-order valence-electron chi connectivity index (χ2n) is 18.4. The predicted octanol–water partition coefficient (Wildman–Crippen LogP) is 16.5.